The molecule has 1 saturated heterocycles. The van der Waals surface area contributed by atoms with Crippen molar-refractivity contribution in [3.05, 3.63) is 18.0 Å². The molecule has 6 nitrogen and oxygen atoms in total. The predicted octanol–water partition coefficient (Wildman–Crippen LogP) is 1.11. The highest BCUT2D eigenvalue weighted by molar-refractivity contribution is 8.13. The van der Waals surface area contributed by atoms with E-state index in [2.05, 4.69) is 5.32 Å². The maximum absolute atomic E-state index is 12.0. The van der Waals surface area contributed by atoms with E-state index in [1.807, 2.05) is 0 Å². The smallest absolute Gasteiger partial charge is 0.267 e. The maximum Gasteiger partial charge on any atom is 0.267 e. The molecule has 0 radical (unpaired) electrons. The van der Waals surface area contributed by atoms with E-state index in [0.717, 1.165) is 26.1 Å². The first-order valence-corrected chi connectivity index (χ1v) is 8.66. The Morgan fingerprint density at radius 2 is 2.15 bits per heavy atom. The van der Waals surface area contributed by atoms with Crippen LogP contribution in [0.25, 0.3) is 0 Å². The number of aryl methyl sites for hydroxylation is 1. The van der Waals surface area contributed by atoms with Crippen LogP contribution in [0.2, 0.25) is 0 Å². The molecule has 1 aromatic heterocycles. The van der Waals surface area contributed by atoms with Gasteiger partial charge >= 0.3 is 0 Å². The molecule has 2 heterocycles. The summed E-state index contributed by atoms with van der Waals surface area (Å²) in [5.74, 6) is 0.106. The maximum atomic E-state index is 12.0. The van der Waals surface area contributed by atoms with Crippen molar-refractivity contribution in [3.63, 3.8) is 0 Å². The Bertz CT molecular complexity index is 591. The van der Waals surface area contributed by atoms with E-state index in [-0.39, 0.29) is 16.5 Å². The van der Waals surface area contributed by atoms with Crippen LogP contribution in [0, 0.1) is 5.92 Å². The molecule has 0 unspecified atom stereocenters. The van der Waals surface area contributed by atoms with E-state index >= 15 is 0 Å². The molecule has 2 rings (SSSR count). The first-order chi connectivity index (χ1) is 9.38. The molecular formula is C12H17ClN2O4S. The average Bonchev–Trinajstić information content (AvgIpc) is 2.79. The Hall–Kier alpha value is -1.05. The number of hydrogen-bond acceptors (Lipinski definition) is 4. The Balaban J connectivity index is 2.00. The fourth-order valence-corrected chi connectivity index (χ4v) is 2.96. The van der Waals surface area contributed by atoms with Crippen molar-refractivity contribution in [1.82, 2.24) is 9.88 Å². The van der Waals surface area contributed by atoms with Gasteiger partial charge in [0, 0.05) is 43.7 Å². The SMILES string of the molecule is Cn1cc(S(=O)(=O)Cl)cc1C(=O)NCC1CCOCC1. The Morgan fingerprint density at radius 3 is 2.70 bits per heavy atom. The summed E-state index contributed by atoms with van der Waals surface area (Å²) in [6, 6.07) is 1.28. The highest BCUT2D eigenvalue weighted by Crippen LogP contribution is 2.18. The molecule has 0 aromatic carbocycles. The van der Waals surface area contributed by atoms with Crippen molar-refractivity contribution in [1.29, 1.82) is 0 Å². The number of carbonyl (C=O) groups excluding carboxylic acids is 1. The quantitative estimate of drug-likeness (QED) is 0.843. The van der Waals surface area contributed by atoms with E-state index in [1.165, 1.54) is 16.8 Å². The van der Waals surface area contributed by atoms with Gasteiger partial charge in [0.25, 0.3) is 15.0 Å². The molecule has 1 aromatic rings. The van der Waals surface area contributed by atoms with Crippen LogP contribution in [0.5, 0.6) is 0 Å². The first kappa shape index (κ1) is 15.3. The molecule has 1 amide bonds. The molecule has 1 N–H and O–H groups in total. The van der Waals surface area contributed by atoms with Crippen molar-refractivity contribution in [2.45, 2.75) is 17.7 Å². The summed E-state index contributed by atoms with van der Waals surface area (Å²) in [6.07, 6.45) is 3.18. The highest BCUT2D eigenvalue weighted by atomic mass is 35.7. The summed E-state index contributed by atoms with van der Waals surface area (Å²) < 4.78 is 29.2. The van der Waals surface area contributed by atoms with Crippen LogP contribution >= 0.6 is 10.7 Å². The van der Waals surface area contributed by atoms with Gasteiger partial charge in [-0.05, 0) is 24.8 Å². The lowest BCUT2D eigenvalue weighted by atomic mass is 10.0. The molecule has 0 bridgehead atoms. The highest BCUT2D eigenvalue weighted by Gasteiger charge is 2.20. The Labute approximate surface area is 122 Å². The van der Waals surface area contributed by atoms with Crippen molar-refractivity contribution >= 4 is 25.6 Å². The van der Waals surface area contributed by atoms with Crippen molar-refractivity contribution in [3.8, 4) is 0 Å². The lowest BCUT2D eigenvalue weighted by Gasteiger charge is -2.22. The summed E-state index contributed by atoms with van der Waals surface area (Å²) in [4.78, 5) is 12.0. The summed E-state index contributed by atoms with van der Waals surface area (Å²) in [5, 5.41) is 2.82. The van der Waals surface area contributed by atoms with E-state index in [4.69, 9.17) is 15.4 Å². The van der Waals surface area contributed by atoms with Gasteiger partial charge in [-0.3, -0.25) is 4.79 Å². The zero-order chi connectivity index (χ0) is 14.8. The first-order valence-electron chi connectivity index (χ1n) is 6.35. The number of nitrogens with one attached hydrogen (secondary N) is 1. The third-order valence-electron chi connectivity index (χ3n) is 3.39. The van der Waals surface area contributed by atoms with Crippen LogP contribution in [0.1, 0.15) is 23.3 Å². The third kappa shape index (κ3) is 3.74. The van der Waals surface area contributed by atoms with Crippen LogP contribution in [0.3, 0.4) is 0 Å². The van der Waals surface area contributed by atoms with Gasteiger partial charge < -0.3 is 14.6 Å². The van der Waals surface area contributed by atoms with Gasteiger partial charge in [-0.25, -0.2) is 8.42 Å². The largest absolute Gasteiger partial charge is 0.381 e. The molecular weight excluding hydrogens is 304 g/mol. The molecule has 0 aliphatic carbocycles. The summed E-state index contributed by atoms with van der Waals surface area (Å²) in [7, 11) is 3.05. The minimum absolute atomic E-state index is 0.0714. The fourth-order valence-electron chi connectivity index (χ4n) is 2.17. The van der Waals surface area contributed by atoms with Gasteiger partial charge in [-0.2, -0.15) is 0 Å². The normalized spacial score (nSPS) is 17.1. The Morgan fingerprint density at radius 1 is 1.50 bits per heavy atom. The van der Waals surface area contributed by atoms with E-state index in [1.54, 1.807) is 7.05 Å². The molecule has 1 fully saturated rings. The summed E-state index contributed by atoms with van der Waals surface area (Å²) >= 11 is 0. The molecule has 8 heteroatoms. The Kier molecular flexibility index (Phi) is 4.72. The van der Waals surface area contributed by atoms with Crippen LogP contribution in [-0.2, 0) is 20.8 Å². The summed E-state index contributed by atoms with van der Waals surface area (Å²) in [5.41, 5.74) is 0.274. The molecule has 0 atom stereocenters. The van der Waals surface area contributed by atoms with Crippen LogP contribution in [0.4, 0.5) is 0 Å². The second kappa shape index (κ2) is 6.15. The van der Waals surface area contributed by atoms with E-state index in [0.29, 0.717) is 12.5 Å². The fraction of sp³-hybridized carbons (Fsp3) is 0.583. The number of ether oxygens (including phenoxy) is 1. The van der Waals surface area contributed by atoms with E-state index < -0.39 is 9.05 Å². The molecule has 20 heavy (non-hydrogen) atoms. The molecule has 1 aliphatic rings. The average molecular weight is 321 g/mol. The second-order valence-electron chi connectivity index (χ2n) is 4.88. The number of halogens is 1. The van der Waals surface area contributed by atoms with Gasteiger partial charge in [-0.1, -0.05) is 0 Å². The second-order valence-corrected chi connectivity index (χ2v) is 7.44. The lowest BCUT2D eigenvalue weighted by Crippen LogP contribution is -2.33. The van der Waals surface area contributed by atoms with Gasteiger partial charge in [0.15, 0.2) is 0 Å². The number of amides is 1. The van der Waals surface area contributed by atoms with Crippen molar-refractivity contribution in [2.24, 2.45) is 13.0 Å². The van der Waals surface area contributed by atoms with Crippen LogP contribution in [-0.4, -0.2) is 38.7 Å². The van der Waals surface area contributed by atoms with E-state index in [9.17, 15) is 13.2 Å². The number of rotatable bonds is 4. The molecule has 112 valence electrons. The molecule has 1 aliphatic heterocycles. The number of hydrogen-bond donors (Lipinski definition) is 1. The zero-order valence-electron chi connectivity index (χ0n) is 11.1. The monoisotopic (exact) mass is 320 g/mol. The molecule has 0 spiro atoms. The van der Waals surface area contributed by atoms with Gasteiger partial charge in [0.2, 0.25) is 0 Å². The molecule has 0 saturated carbocycles. The third-order valence-corrected chi connectivity index (χ3v) is 4.71. The number of nitrogens with zero attached hydrogens (tertiary/aromatic N) is 1. The topological polar surface area (TPSA) is 77.4 Å². The zero-order valence-corrected chi connectivity index (χ0v) is 12.7. The number of carbonyl (C=O) groups is 1. The standard InChI is InChI=1S/C12H17ClN2O4S/c1-15-8-10(20(13,17)18)6-11(15)12(16)14-7-9-2-4-19-5-3-9/h6,8-9H,2-5,7H2,1H3,(H,14,16). The van der Waals surface area contributed by atoms with Crippen molar-refractivity contribution < 1.29 is 17.9 Å². The minimum Gasteiger partial charge on any atom is -0.381 e. The van der Waals surface area contributed by atoms with Gasteiger partial charge in [0.1, 0.15) is 10.6 Å². The van der Waals surface area contributed by atoms with Crippen molar-refractivity contribution in [2.75, 3.05) is 19.8 Å². The minimum atomic E-state index is -3.82. The van der Waals surface area contributed by atoms with Gasteiger partial charge in [-0.15, -0.1) is 0 Å². The van der Waals surface area contributed by atoms with Crippen LogP contribution < -0.4 is 5.32 Å². The predicted molar refractivity (Wildman–Crippen MR) is 74.3 cm³/mol. The van der Waals surface area contributed by atoms with Crippen LogP contribution in [0.15, 0.2) is 17.2 Å². The number of aromatic nitrogens is 1. The van der Waals surface area contributed by atoms with Gasteiger partial charge in [0.05, 0.1) is 0 Å². The lowest BCUT2D eigenvalue weighted by molar-refractivity contribution is 0.0641. The summed E-state index contributed by atoms with van der Waals surface area (Å²) in [6.45, 7) is 2.01.